The van der Waals surface area contributed by atoms with Crippen molar-refractivity contribution < 1.29 is 8.42 Å². The third-order valence-corrected chi connectivity index (χ3v) is 6.38. The number of nitrogens with one attached hydrogen (secondary N) is 1. The molecule has 2 aliphatic rings. The average Bonchev–Trinajstić information content (AvgIpc) is 2.75. The van der Waals surface area contributed by atoms with Crippen molar-refractivity contribution in [3.63, 3.8) is 0 Å². The van der Waals surface area contributed by atoms with Gasteiger partial charge in [0.25, 0.3) is 0 Å². The molecule has 1 N–H and O–H groups in total. The molecule has 0 aromatic heterocycles. The first-order chi connectivity index (χ1) is 10.8. The van der Waals surface area contributed by atoms with Gasteiger partial charge in [-0.05, 0) is 61.5 Å². The summed E-state index contributed by atoms with van der Waals surface area (Å²) in [5.74, 6) is 0. The molecular formula is C19H25NO2S. The summed E-state index contributed by atoms with van der Waals surface area (Å²) in [7, 11) is -3.46. The van der Waals surface area contributed by atoms with Gasteiger partial charge in [-0.3, -0.25) is 0 Å². The minimum atomic E-state index is -3.46. The van der Waals surface area contributed by atoms with Crippen LogP contribution in [0.1, 0.15) is 45.1 Å². The molecule has 0 aliphatic heterocycles. The molecule has 3 nitrogen and oxygen atoms in total. The monoisotopic (exact) mass is 331 g/mol. The van der Waals surface area contributed by atoms with Crippen molar-refractivity contribution in [2.45, 2.75) is 51.3 Å². The Morgan fingerprint density at radius 1 is 1.09 bits per heavy atom. The molecule has 0 spiro atoms. The molecule has 0 heterocycles. The minimum absolute atomic E-state index is 0.0508. The maximum atomic E-state index is 12.5. The zero-order chi connectivity index (χ0) is 16.7. The Kier molecular flexibility index (Phi) is 4.23. The SMILES string of the molecule is Cc1ccc(S(=O)(=O)NCC2=C3CCCCC3=CC2(C)C)cc1. The summed E-state index contributed by atoms with van der Waals surface area (Å²) in [6, 6.07) is 6.99. The highest BCUT2D eigenvalue weighted by Gasteiger charge is 2.33. The van der Waals surface area contributed by atoms with Gasteiger partial charge in [-0.25, -0.2) is 13.1 Å². The molecule has 1 aromatic rings. The first kappa shape index (κ1) is 16.5. The van der Waals surface area contributed by atoms with Gasteiger partial charge in [0.15, 0.2) is 0 Å². The number of aryl methyl sites for hydroxylation is 1. The maximum Gasteiger partial charge on any atom is 0.240 e. The molecule has 0 unspecified atom stereocenters. The molecule has 1 saturated carbocycles. The Balaban J connectivity index is 1.81. The lowest BCUT2D eigenvalue weighted by atomic mass is 9.85. The highest BCUT2D eigenvalue weighted by Crippen LogP contribution is 2.46. The molecule has 0 bridgehead atoms. The third-order valence-electron chi connectivity index (χ3n) is 4.96. The van der Waals surface area contributed by atoms with Gasteiger partial charge in [0.05, 0.1) is 4.90 Å². The molecule has 3 rings (SSSR count). The lowest BCUT2D eigenvalue weighted by Gasteiger charge is -2.23. The van der Waals surface area contributed by atoms with Gasteiger partial charge >= 0.3 is 0 Å². The van der Waals surface area contributed by atoms with Crippen LogP contribution >= 0.6 is 0 Å². The van der Waals surface area contributed by atoms with Gasteiger partial charge < -0.3 is 0 Å². The molecule has 0 atom stereocenters. The molecule has 0 radical (unpaired) electrons. The molecule has 0 saturated heterocycles. The fraction of sp³-hybridized carbons (Fsp3) is 0.474. The second-order valence-electron chi connectivity index (χ2n) is 7.19. The normalized spacial score (nSPS) is 20.4. The smallest absolute Gasteiger partial charge is 0.207 e. The first-order valence-electron chi connectivity index (χ1n) is 8.30. The molecular weight excluding hydrogens is 306 g/mol. The molecule has 0 amide bonds. The molecule has 23 heavy (non-hydrogen) atoms. The van der Waals surface area contributed by atoms with Crippen LogP contribution in [0.4, 0.5) is 0 Å². The lowest BCUT2D eigenvalue weighted by molar-refractivity contribution is 0.553. The first-order valence-corrected chi connectivity index (χ1v) is 9.79. The standard InChI is InChI=1S/C19H25NO2S/c1-14-8-10-16(11-9-14)23(21,22)20-13-18-17-7-5-4-6-15(17)12-19(18,2)3/h8-12,20H,4-7,13H2,1-3H3. The van der Waals surface area contributed by atoms with Crippen molar-refractivity contribution in [3.05, 3.63) is 52.6 Å². The minimum Gasteiger partial charge on any atom is -0.207 e. The number of hydrogen-bond donors (Lipinski definition) is 1. The average molecular weight is 331 g/mol. The topological polar surface area (TPSA) is 46.2 Å². The molecule has 2 aliphatic carbocycles. The van der Waals surface area contributed by atoms with E-state index in [4.69, 9.17) is 0 Å². The molecule has 1 aromatic carbocycles. The maximum absolute atomic E-state index is 12.5. The van der Waals surface area contributed by atoms with Crippen LogP contribution < -0.4 is 4.72 Å². The van der Waals surface area contributed by atoms with E-state index in [1.807, 2.05) is 19.1 Å². The third kappa shape index (κ3) is 3.29. The van der Waals surface area contributed by atoms with Crippen LogP contribution in [0.15, 0.2) is 52.0 Å². The number of rotatable bonds is 4. The summed E-state index contributed by atoms with van der Waals surface area (Å²) in [6.07, 6.45) is 6.99. The fourth-order valence-corrected chi connectivity index (χ4v) is 4.64. The Labute approximate surface area is 139 Å². The summed E-state index contributed by atoms with van der Waals surface area (Å²) >= 11 is 0. The fourth-order valence-electron chi connectivity index (χ4n) is 3.65. The van der Waals surface area contributed by atoms with Gasteiger partial charge in [0, 0.05) is 12.0 Å². The van der Waals surface area contributed by atoms with Crippen molar-refractivity contribution in [2.75, 3.05) is 6.54 Å². The van der Waals surface area contributed by atoms with E-state index in [2.05, 4.69) is 24.6 Å². The summed E-state index contributed by atoms with van der Waals surface area (Å²) in [4.78, 5) is 0.335. The van der Waals surface area contributed by atoms with Crippen LogP contribution in [0, 0.1) is 12.3 Å². The van der Waals surface area contributed by atoms with Gasteiger partial charge in [-0.15, -0.1) is 0 Å². The predicted octanol–water partition coefficient (Wildman–Crippen LogP) is 4.11. The summed E-state index contributed by atoms with van der Waals surface area (Å²) in [6.45, 7) is 6.72. The van der Waals surface area contributed by atoms with Crippen molar-refractivity contribution >= 4 is 10.0 Å². The van der Waals surface area contributed by atoms with Gasteiger partial charge in [-0.2, -0.15) is 0 Å². The van der Waals surface area contributed by atoms with Crippen LogP contribution in [0.25, 0.3) is 0 Å². The zero-order valence-electron chi connectivity index (χ0n) is 14.1. The van der Waals surface area contributed by atoms with Crippen molar-refractivity contribution in [1.82, 2.24) is 4.72 Å². The number of sulfonamides is 1. The van der Waals surface area contributed by atoms with E-state index < -0.39 is 10.0 Å². The van der Waals surface area contributed by atoms with Gasteiger partial charge in [-0.1, -0.05) is 37.6 Å². The number of benzene rings is 1. The summed E-state index contributed by atoms with van der Waals surface area (Å²) < 4.78 is 27.8. The number of fused-ring (bicyclic) bond motifs is 1. The van der Waals surface area contributed by atoms with Crippen LogP contribution in [0.2, 0.25) is 0 Å². The lowest BCUT2D eigenvalue weighted by Crippen LogP contribution is -2.29. The molecule has 4 heteroatoms. The Hall–Kier alpha value is -1.39. The van der Waals surface area contributed by atoms with E-state index >= 15 is 0 Å². The Morgan fingerprint density at radius 3 is 2.43 bits per heavy atom. The highest BCUT2D eigenvalue weighted by molar-refractivity contribution is 7.89. The van der Waals surface area contributed by atoms with E-state index in [0.717, 1.165) is 18.4 Å². The molecule has 1 fully saturated rings. The summed E-state index contributed by atoms with van der Waals surface area (Å²) in [5.41, 5.74) is 5.08. The van der Waals surface area contributed by atoms with Gasteiger partial charge in [0.2, 0.25) is 10.0 Å². The van der Waals surface area contributed by atoms with Crippen LogP contribution in [-0.4, -0.2) is 15.0 Å². The van der Waals surface area contributed by atoms with E-state index in [-0.39, 0.29) is 5.41 Å². The highest BCUT2D eigenvalue weighted by atomic mass is 32.2. The van der Waals surface area contributed by atoms with Gasteiger partial charge in [0.1, 0.15) is 0 Å². The quantitative estimate of drug-likeness (QED) is 0.902. The largest absolute Gasteiger partial charge is 0.240 e. The van der Waals surface area contributed by atoms with E-state index in [1.165, 1.54) is 29.6 Å². The molecule has 124 valence electrons. The number of allylic oxidation sites excluding steroid dienone is 3. The predicted molar refractivity (Wildman–Crippen MR) is 93.7 cm³/mol. The summed E-state index contributed by atoms with van der Waals surface area (Å²) in [5, 5.41) is 0. The van der Waals surface area contributed by atoms with Crippen LogP contribution in [0.3, 0.4) is 0 Å². The van der Waals surface area contributed by atoms with Crippen molar-refractivity contribution in [2.24, 2.45) is 5.41 Å². The van der Waals surface area contributed by atoms with E-state index in [1.54, 1.807) is 12.1 Å². The van der Waals surface area contributed by atoms with E-state index in [0.29, 0.717) is 11.4 Å². The van der Waals surface area contributed by atoms with Crippen molar-refractivity contribution in [1.29, 1.82) is 0 Å². The number of hydrogen-bond acceptors (Lipinski definition) is 2. The van der Waals surface area contributed by atoms with Crippen molar-refractivity contribution in [3.8, 4) is 0 Å². The zero-order valence-corrected chi connectivity index (χ0v) is 15.0. The second-order valence-corrected chi connectivity index (χ2v) is 8.96. The Bertz CT molecular complexity index is 768. The van der Waals surface area contributed by atoms with Crippen LogP contribution in [0.5, 0.6) is 0 Å². The van der Waals surface area contributed by atoms with E-state index in [9.17, 15) is 8.42 Å². The van der Waals surface area contributed by atoms with Crippen LogP contribution in [-0.2, 0) is 10.0 Å². The Morgan fingerprint density at radius 2 is 1.74 bits per heavy atom. The second kappa shape index (κ2) is 5.91.